The van der Waals surface area contributed by atoms with Crippen LogP contribution in [0.5, 0.6) is 11.5 Å². The first-order valence-corrected chi connectivity index (χ1v) is 9.73. The van der Waals surface area contributed by atoms with Gasteiger partial charge in [-0.2, -0.15) is 0 Å². The molecule has 0 saturated heterocycles. The summed E-state index contributed by atoms with van der Waals surface area (Å²) in [6, 6.07) is 10.4. The standard InChI is InChI=1S/C22H25N3O5/c1-4-25(13-16-5-6-20-21(9-16)30-8-7-29-20)22(28)17-10-18(23-14(2)26)12-19(11-17)24-15(3)27/h5-6,9-12H,4,7-8,13H2,1-3H3,(H,23,26)(H,24,27). The van der Waals surface area contributed by atoms with Crippen LogP contribution < -0.4 is 20.1 Å². The van der Waals surface area contributed by atoms with E-state index in [1.165, 1.54) is 13.8 Å². The Morgan fingerprint density at radius 3 is 2.07 bits per heavy atom. The van der Waals surface area contributed by atoms with E-state index in [1.807, 2.05) is 25.1 Å². The number of hydrogen-bond donors (Lipinski definition) is 2. The van der Waals surface area contributed by atoms with Gasteiger partial charge in [0.15, 0.2) is 11.5 Å². The van der Waals surface area contributed by atoms with Crippen LogP contribution in [0.25, 0.3) is 0 Å². The van der Waals surface area contributed by atoms with E-state index in [9.17, 15) is 14.4 Å². The first kappa shape index (κ1) is 21.2. The molecule has 0 bridgehead atoms. The van der Waals surface area contributed by atoms with E-state index < -0.39 is 0 Å². The van der Waals surface area contributed by atoms with Gasteiger partial charge in [0, 0.05) is 43.9 Å². The molecule has 0 fully saturated rings. The summed E-state index contributed by atoms with van der Waals surface area (Å²) in [7, 11) is 0. The highest BCUT2D eigenvalue weighted by Crippen LogP contribution is 2.31. The van der Waals surface area contributed by atoms with Crippen molar-refractivity contribution in [3.8, 4) is 11.5 Å². The van der Waals surface area contributed by atoms with E-state index >= 15 is 0 Å². The van der Waals surface area contributed by atoms with Crippen LogP contribution in [0.1, 0.15) is 36.7 Å². The molecule has 30 heavy (non-hydrogen) atoms. The van der Waals surface area contributed by atoms with Crippen LogP contribution in [-0.4, -0.2) is 42.4 Å². The topological polar surface area (TPSA) is 97.0 Å². The molecule has 0 aromatic heterocycles. The van der Waals surface area contributed by atoms with Crippen LogP contribution in [0.15, 0.2) is 36.4 Å². The predicted molar refractivity (Wildman–Crippen MR) is 113 cm³/mol. The highest BCUT2D eigenvalue weighted by atomic mass is 16.6. The lowest BCUT2D eigenvalue weighted by Gasteiger charge is -2.23. The van der Waals surface area contributed by atoms with Gasteiger partial charge in [-0.25, -0.2) is 0 Å². The van der Waals surface area contributed by atoms with E-state index in [2.05, 4.69) is 10.6 Å². The second-order valence-electron chi connectivity index (χ2n) is 6.96. The van der Waals surface area contributed by atoms with Crippen molar-refractivity contribution in [2.45, 2.75) is 27.3 Å². The van der Waals surface area contributed by atoms with Crippen molar-refractivity contribution >= 4 is 29.1 Å². The number of rotatable bonds is 6. The van der Waals surface area contributed by atoms with Gasteiger partial charge >= 0.3 is 0 Å². The maximum atomic E-state index is 13.2. The molecular weight excluding hydrogens is 386 g/mol. The Morgan fingerprint density at radius 1 is 0.900 bits per heavy atom. The smallest absolute Gasteiger partial charge is 0.254 e. The Kier molecular flexibility index (Phi) is 6.56. The van der Waals surface area contributed by atoms with Crippen molar-refractivity contribution in [1.29, 1.82) is 0 Å². The van der Waals surface area contributed by atoms with Crippen molar-refractivity contribution in [1.82, 2.24) is 4.90 Å². The number of benzene rings is 2. The molecule has 0 spiro atoms. The Bertz CT molecular complexity index is 939. The maximum absolute atomic E-state index is 13.2. The summed E-state index contributed by atoms with van der Waals surface area (Å²) in [5.74, 6) is 0.616. The molecule has 2 N–H and O–H groups in total. The molecule has 1 aliphatic heterocycles. The van der Waals surface area contributed by atoms with Crippen LogP contribution in [0.4, 0.5) is 11.4 Å². The number of ether oxygens (including phenoxy) is 2. The summed E-state index contributed by atoms with van der Waals surface area (Å²) >= 11 is 0. The van der Waals surface area contributed by atoms with Crippen LogP contribution in [0, 0.1) is 0 Å². The zero-order valence-electron chi connectivity index (χ0n) is 17.3. The van der Waals surface area contributed by atoms with Gasteiger partial charge in [-0.05, 0) is 42.8 Å². The fraction of sp³-hybridized carbons (Fsp3) is 0.318. The van der Waals surface area contributed by atoms with Gasteiger partial charge in [0.25, 0.3) is 5.91 Å². The number of carbonyl (C=O) groups is 3. The molecule has 3 rings (SSSR count). The van der Waals surface area contributed by atoms with Crippen LogP contribution in [0.3, 0.4) is 0 Å². The van der Waals surface area contributed by atoms with Crippen molar-refractivity contribution in [2.75, 3.05) is 30.4 Å². The van der Waals surface area contributed by atoms with Crippen molar-refractivity contribution in [3.63, 3.8) is 0 Å². The van der Waals surface area contributed by atoms with Gasteiger partial charge in [-0.1, -0.05) is 6.07 Å². The third-order valence-corrected chi connectivity index (χ3v) is 4.47. The number of carbonyl (C=O) groups excluding carboxylic acids is 3. The monoisotopic (exact) mass is 411 g/mol. The number of fused-ring (bicyclic) bond motifs is 1. The summed E-state index contributed by atoms with van der Waals surface area (Å²) in [4.78, 5) is 37.8. The van der Waals surface area contributed by atoms with Gasteiger partial charge in [-0.15, -0.1) is 0 Å². The minimum Gasteiger partial charge on any atom is -0.486 e. The maximum Gasteiger partial charge on any atom is 0.254 e. The highest BCUT2D eigenvalue weighted by molar-refractivity contribution is 6.00. The molecule has 1 heterocycles. The summed E-state index contributed by atoms with van der Waals surface area (Å²) in [5.41, 5.74) is 2.15. The van der Waals surface area contributed by atoms with Crippen molar-refractivity contribution < 1.29 is 23.9 Å². The molecule has 158 valence electrons. The molecule has 2 aromatic carbocycles. The molecule has 8 heteroatoms. The van der Waals surface area contributed by atoms with Crippen LogP contribution in [-0.2, 0) is 16.1 Å². The Hall–Kier alpha value is -3.55. The molecule has 0 saturated carbocycles. The zero-order chi connectivity index (χ0) is 21.7. The third kappa shape index (κ3) is 5.28. The number of nitrogens with zero attached hydrogens (tertiary/aromatic N) is 1. The average molecular weight is 411 g/mol. The van der Waals surface area contributed by atoms with Gasteiger partial charge < -0.3 is 25.0 Å². The van der Waals surface area contributed by atoms with Crippen molar-refractivity contribution in [2.24, 2.45) is 0 Å². The first-order valence-electron chi connectivity index (χ1n) is 9.73. The Morgan fingerprint density at radius 2 is 1.50 bits per heavy atom. The SMILES string of the molecule is CCN(Cc1ccc2c(c1)OCCO2)C(=O)c1cc(NC(C)=O)cc(NC(C)=O)c1. The molecule has 0 atom stereocenters. The van der Waals surface area contributed by atoms with Gasteiger partial charge in [0.1, 0.15) is 13.2 Å². The van der Waals surface area contributed by atoms with Crippen molar-refractivity contribution in [3.05, 3.63) is 47.5 Å². The predicted octanol–water partition coefficient (Wildman–Crippen LogP) is 3.04. The summed E-state index contributed by atoms with van der Waals surface area (Å²) in [5, 5.41) is 5.33. The second-order valence-corrected chi connectivity index (χ2v) is 6.96. The summed E-state index contributed by atoms with van der Waals surface area (Å²) in [6.45, 7) is 6.53. The van der Waals surface area contributed by atoms with Gasteiger partial charge in [0.2, 0.25) is 11.8 Å². The molecule has 1 aliphatic rings. The van der Waals surface area contributed by atoms with Crippen LogP contribution in [0.2, 0.25) is 0 Å². The lowest BCUT2D eigenvalue weighted by atomic mass is 10.1. The number of anilines is 2. The van der Waals surface area contributed by atoms with E-state index in [-0.39, 0.29) is 17.7 Å². The molecule has 0 aliphatic carbocycles. The number of nitrogens with one attached hydrogen (secondary N) is 2. The second kappa shape index (κ2) is 9.30. The molecule has 0 radical (unpaired) electrons. The van der Waals surface area contributed by atoms with E-state index in [1.54, 1.807) is 23.1 Å². The number of amides is 3. The fourth-order valence-electron chi connectivity index (χ4n) is 3.22. The minimum absolute atomic E-state index is 0.216. The van der Waals surface area contributed by atoms with E-state index in [4.69, 9.17) is 9.47 Å². The lowest BCUT2D eigenvalue weighted by Crippen LogP contribution is -2.30. The van der Waals surface area contributed by atoms with E-state index in [0.29, 0.717) is 54.7 Å². The van der Waals surface area contributed by atoms with Gasteiger partial charge in [-0.3, -0.25) is 14.4 Å². The Balaban J connectivity index is 1.85. The summed E-state index contributed by atoms with van der Waals surface area (Å²) < 4.78 is 11.2. The van der Waals surface area contributed by atoms with Crippen LogP contribution >= 0.6 is 0 Å². The largest absolute Gasteiger partial charge is 0.486 e. The van der Waals surface area contributed by atoms with E-state index in [0.717, 1.165) is 5.56 Å². The molecule has 3 amide bonds. The lowest BCUT2D eigenvalue weighted by molar-refractivity contribution is -0.115. The number of hydrogen-bond acceptors (Lipinski definition) is 5. The molecule has 2 aromatic rings. The zero-order valence-corrected chi connectivity index (χ0v) is 17.3. The summed E-state index contributed by atoms with van der Waals surface area (Å²) in [6.07, 6.45) is 0. The quantitative estimate of drug-likeness (QED) is 0.762. The molecule has 0 unspecified atom stereocenters. The first-order chi connectivity index (χ1) is 14.4. The fourth-order valence-corrected chi connectivity index (χ4v) is 3.22. The molecule has 8 nitrogen and oxygen atoms in total. The average Bonchev–Trinajstić information content (AvgIpc) is 2.70. The highest BCUT2D eigenvalue weighted by Gasteiger charge is 2.19. The minimum atomic E-state index is -0.267. The third-order valence-electron chi connectivity index (χ3n) is 4.47. The Labute approximate surface area is 175 Å². The van der Waals surface area contributed by atoms with Gasteiger partial charge in [0.05, 0.1) is 0 Å². The molecular formula is C22H25N3O5. The normalized spacial score (nSPS) is 12.1.